The fourth-order valence-electron chi connectivity index (χ4n) is 3.25. The molecule has 1 saturated carbocycles. The average Bonchev–Trinajstić information content (AvgIpc) is 2.47. The highest BCUT2D eigenvalue weighted by Crippen LogP contribution is 2.37. The van der Waals surface area contributed by atoms with Gasteiger partial charge in [-0.2, -0.15) is 0 Å². The lowest BCUT2D eigenvalue weighted by molar-refractivity contribution is 0.272. The Morgan fingerprint density at radius 3 is 2.75 bits per heavy atom. The summed E-state index contributed by atoms with van der Waals surface area (Å²) < 4.78 is 13.9. The third-order valence-corrected chi connectivity index (χ3v) is 7.24. The van der Waals surface area contributed by atoms with Gasteiger partial charge in [0, 0.05) is 9.72 Å². The zero-order valence-electron chi connectivity index (χ0n) is 12.1. The first-order valence-electron chi connectivity index (χ1n) is 7.52. The molecule has 0 saturated heterocycles. The molecule has 0 spiro atoms. The highest BCUT2D eigenvalue weighted by molar-refractivity contribution is 9.10. The molecule has 2 N–H and O–H groups in total. The predicted octanol–water partition coefficient (Wildman–Crippen LogP) is 4.10. The topological polar surface area (TPSA) is 43.1 Å². The fourth-order valence-corrected chi connectivity index (χ4v) is 5.85. The van der Waals surface area contributed by atoms with Gasteiger partial charge in [0.1, 0.15) is 0 Å². The molecule has 0 bridgehead atoms. The van der Waals surface area contributed by atoms with Gasteiger partial charge in [0.2, 0.25) is 0 Å². The van der Waals surface area contributed by atoms with E-state index in [1.165, 1.54) is 19.3 Å². The van der Waals surface area contributed by atoms with Crippen LogP contribution in [0.5, 0.6) is 0 Å². The Bertz CT molecular complexity index is 466. The van der Waals surface area contributed by atoms with Crippen molar-refractivity contribution in [3.63, 3.8) is 0 Å². The van der Waals surface area contributed by atoms with Crippen LogP contribution in [-0.2, 0) is 10.8 Å². The van der Waals surface area contributed by atoms with E-state index in [0.717, 1.165) is 28.1 Å². The van der Waals surface area contributed by atoms with Crippen molar-refractivity contribution in [2.75, 3.05) is 6.54 Å². The third-order valence-electron chi connectivity index (χ3n) is 4.37. The first-order chi connectivity index (χ1) is 9.67. The fraction of sp³-hybridized carbons (Fsp3) is 0.625. The van der Waals surface area contributed by atoms with E-state index in [9.17, 15) is 4.21 Å². The molecule has 0 aromatic heterocycles. The summed E-state index contributed by atoms with van der Waals surface area (Å²) in [5, 5.41) is 0.212. The van der Waals surface area contributed by atoms with Gasteiger partial charge in [0.25, 0.3) is 0 Å². The largest absolute Gasteiger partial charge is 0.330 e. The van der Waals surface area contributed by atoms with Crippen LogP contribution in [0, 0.1) is 11.8 Å². The first kappa shape index (κ1) is 16.2. The monoisotopic (exact) mass is 357 g/mol. The van der Waals surface area contributed by atoms with Crippen LogP contribution in [0.2, 0.25) is 0 Å². The molecule has 1 aliphatic rings. The zero-order chi connectivity index (χ0) is 14.5. The molecule has 0 amide bonds. The molecule has 2 rings (SSSR count). The van der Waals surface area contributed by atoms with Crippen LogP contribution in [-0.4, -0.2) is 16.0 Å². The Morgan fingerprint density at radius 1 is 1.35 bits per heavy atom. The molecule has 1 fully saturated rings. The summed E-state index contributed by atoms with van der Waals surface area (Å²) in [4.78, 5) is 0.924. The lowest BCUT2D eigenvalue weighted by atomic mass is 9.80. The molecule has 1 aromatic carbocycles. The van der Waals surface area contributed by atoms with Crippen LogP contribution >= 0.6 is 15.9 Å². The summed E-state index contributed by atoms with van der Waals surface area (Å²) >= 11 is 3.53. The summed E-state index contributed by atoms with van der Waals surface area (Å²) in [5.41, 5.74) is 5.92. The Morgan fingerprint density at radius 2 is 2.10 bits per heavy atom. The molecule has 0 aliphatic heterocycles. The minimum absolute atomic E-state index is 0.212. The molecule has 112 valence electrons. The van der Waals surface area contributed by atoms with Crippen molar-refractivity contribution in [1.82, 2.24) is 0 Å². The maximum atomic E-state index is 13.0. The second-order valence-corrected chi connectivity index (χ2v) is 8.22. The molecule has 20 heavy (non-hydrogen) atoms. The van der Waals surface area contributed by atoms with Gasteiger partial charge in [-0.15, -0.1) is 0 Å². The lowest BCUT2D eigenvalue weighted by Crippen LogP contribution is -2.37. The number of benzene rings is 1. The van der Waals surface area contributed by atoms with Crippen LogP contribution in [0.3, 0.4) is 0 Å². The van der Waals surface area contributed by atoms with Gasteiger partial charge in [0.15, 0.2) is 0 Å². The van der Waals surface area contributed by atoms with E-state index < -0.39 is 10.8 Å². The Labute approximate surface area is 133 Å². The Balaban J connectivity index is 2.18. The highest BCUT2D eigenvalue weighted by atomic mass is 79.9. The SMILES string of the molecule is CCCC1CCC(CN)C(S(=O)c2ccccc2Br)C1. The summed E-state index contributed by atoms with van der Waals surface area (Å²) in [7, 11) is -0.963. The van der Waals surface area contributed by atoms with E-state index in [0.29, 0.717) is 12.5 Å². The van der Waals surface area contributed by atoms with Crippen molar-refractivity contribution in [1.29, 1.82) is 0 Å². The molecule has 4 heteroatoms. The normalized spacial score (nSPS) is 28.2. The molecule has 4 unspecified atom stereocenters. The number of hydrogen-bond acceptors (Lipinski definition) is 2. The molecular weight excluding hydrogens is 334 g/mol. The quantitative estimate of drug-likeness (QED) is 0.861. The standard InChI is InChI=1S/C16H24BrNOS/c1-2-5-12-8-9-13(11-18)16(10-12)20(19)15-7-4-3-6-14(15)17/h3-4,6-7,12-13,16H,2,5,8-11,18H2,1H3. The summed E-state index contributed by atoms with van der Waals surface area (Å²) in [6.45, 7) is 2.88. The van der Waals surface area contributed by atoms with Crippen LogP contribution in [0.4, 0.5) is 0 Å². The van der Waals surface area contributed by atoms with Gasteiger partial charge in [-0.3, -0.25) is 4.21 Å². The number of rotatable bonds is 5. The van der Waals surface area contributed by atoms with Gasteiger partial charge in [-0.25, -0.2) is 0 Å². The Kier molecular flexibility index (Phi) is 6.24. The predicted molar refractivity (Wildman–Crippen MR) is 89.1 cm³/mol. The molecule has 0 radical (unpaired) electrons. The lowest BCUT2D eigenvalue weighted by Gasteiger charge is -2.35. The van der Waals surface area contributed by atoms with E-state index in [4.69, 9.17) is 5.73 Å². The maximum Gasteiger partial charge on any atom is 0.0575 e. The van der Waals surface area contributed by atoms with Gasteiger partial charge in [0.05, 0.1) is 15.7 Å². The van der Waals surface area contributed by atoms with Gasteiger partial charge >= 0.3 is 0 Å². The van der Waals surface area contributed by atoms with Crippen molar-refractivity contribution in [3.8, 4) is 0 Å². The van der Waals surface area contributed by atoms with E-state index >= 15 is 0 Å². The molecular formula is C16H24BrNOS. The molecule has 2 nitrogen and oxygen atoms in total. The molecule has 4 atom stereocenters. The maximum absolute atomic E-state index is 13.0. The summed E-state index contributed by atoms with van der Waals surface area (Å²) in [6.07, 6.45) is 5.90. The summed E-state index contributed by atoms with van der Waals surface area (Å²) in [5.74, 6) is 1.12. The first-order valence-corrected chi connectivity index (χ1v) is 9.53. The highest BCUT2D eigenvalue weighted by Gasteiger charge is 2.34. The number of nitrogens with two attached hydrogens (primary N) is 1. The smallest absolute Gasteiger partial charge is 0.0575 e. The number of hydrogen-bond donors (Lipinski definition) is 1. The minimum atomic E-state index is -0.963. The van der Waals surface area contributed by atoms with Crippen LogP contribution < -0.4 is 5.73 Å². The van der Waals surface area contributed by atoms with Crippen molar-refractivity contribution < 1.29 is 4.21 Å². The second-order valence-electron chi connectivity index (χ2n) is 5.73. The van der Waals surface area contributed by atoms with Gasteiger partial charge < -0.3 is 5.73 Å². The Hall–Kier alpha value is -0.190. The zero-order valence-corrected chi connectivity index (χ0v) is 14.5. The van der Waals surface area contributed by atoms with Gasteiger partial charge in [-0.05, 0) is 59.3 Å². The molecule has 1 aromatic rings. The van der Waals surface area contributed by atoms with Crippen molar-refractivity contribution in [2.45, 2.75) is 49.2 Å². The van der Waals surface area contributed by atoms with Crippen molar-refractivity contribution in [2.24, 2.45) is 17.6 Å². The van der Waals surface area contributed by atoms with E-state index in [-0.39, 0.29) is 5.25 Å². The van der Waals surface area contributed by atoms with Crippen LogP contribution in [0.25, 0.3) is 0 Å². The average molecular weight is 358 g/mol. The third kappa shape index (κ3) is 3.71. The van der Waals surface area contributed by atoms with E-state index in [2.05, 4.69) is 22.9 Å². The number of halogens is 1. The summed E-state index contributed by atoms with van der Waals surface area (Å²) in [6, 6.07) is 7.86. The van der Waals surface area contributed by atoms with Crippen LogP contribution in [0.1, 0.15) is 39.0 Å². The molecule has 1 aliphatic carbocycles. The minimum Gasteiger partial charge on any atom is -0.330 e. The van der Waals surface area contributed by atoms with Crippen molar-refractivity contribution in [3.05, 3.63) is 28.7 Å². The molecule has 0 heterocycles. The van der Waals surface area contributed by atoms with E-state index in [1.54, 1.807) is 0 Å². The second kappa shape index (κ2) is 7.71. The van der Waals surface area contributed by atoms with Crippen molar-refractivity contribution >= 4 is 26.7 Å². The van der Waals surface area contributed by atoms with Gasteiger partial charge in [-0.1, -0.05) is 38.3 Å². The van der Waals surface area contributed by atoms with E-state index in [1.807, 2.05) is 24.3 Å². The van der Waals surface area contributed by atoms with Crippen LogP contribution in [0.15, 0.2) is 33.6 Å².